The van der Waals surface area contributed by atoms with Crippen molar-refractivity contribution in [2.45, 2.75) is 66.0 Å². The molecule has 0 saturated carbocycles. The maximum Gasteiger partial charge on any atom is 0.225 e. The first-order valence-corrected chi connectivity index (χ1v) is 8.67. The molecule has 5 heteroatoms. The lowest BCUT2D eigenvalue weighted by Gasteiger charge is -2.39. The number of nitrogens with zero attached hydrogens (tertiary/aromatic N) is 2. The molecule has 5 nitrogen and oxygen atoms in total. The fourth-order valence-corrected chi connectivity index (χ4v) is 3.88. The van der Waals surface area contributed by atoms with Crippen LogP contribution < -0.4 is 0 Å². The second kappa shape index (κ2) is 5.93. The molecule has 1 atom stereocenters. The van der Waals surface area contributed by atoms with Gasteiger partial charge in [-0.1, -0.05) is 27.7 Å². The minimum Gasteiger partial charge on any atom is -0.377 e. The second-order valence-corrected chi connectivity index (χ2v) is 8.62. The molecule has 1 unspecified atom stereocenters. The van der Waals surface area contributed by atoms with E-state index < -0.39 is 0 Å². The third-order valence-corrected chi connectivity index (χ3v) is 5.31. The lowest BCUT2D eigenvalue weighted by atomic mass is 9.78. The predicted octanol–water partition coefficient (Wildman–Crippen LogP) is 2.92. The van der Waals surface area contributed by atoms with Crippen LogP contribution in [0.4, 0.5) is 0 Å². The summed E-state index contributed by atoms with van der Waals surface area (Å²) in [5.41, 5.74) is 2.44. The van der Waals surface area contributed by atoms with Crippen LogP contribution in [-0.2, 0) is 22.5 Å². The molecule has 128 valence electrons. The van der Waals surface area contributed by atoms with Crippen molar-refractivity contribution >= 4 is 5.91 Å². The standard InChI is InChI=1S/C18H29N3O2/c1-17(2)9-14-13(10-19-20-14)11-21(12-17)16(22)8-15-18(3,4)6-5-7-23-15/h10,15H,5-9,11-12H2,1-4H3,(H,19,20). The number of aromatic nitrogens is 2. The summed E-state index contributed by atoms with van der Waals surface area (Å²) in [6, 6.07) is 0. The Hall–Kier alpha value is -1.36. The van der Waals surface area contributed by atoms with Crippen molar-refractivity contribution in [3.05, 3.63) is 17.5 Å². The van der Waals surface area contributed by atoms with E-state index in [1.807, 2.05) is 11.1 Å². The van der Waals surface area contributed by atoms with Crippen molar-refractivity contribution in [3.8, 4) is 0 Å². The summed E-state index contributed by atoms with van der Waals surface area (Å²) in [7, 11) is 0. The van der Waals surface area contributed by atoms with Gasteiger partial charge < -0.3 is 9.64 Å². The molecule has 0 aliphatic carbocycles. The van der Waals surface area contributed by atoms with E-state index in [0.717, 1.165) is 38.0 Å². The van der Waals surface area contributed by atoms with E-state index in [1.54, 1.807) is 0 Å². The van der Waals surface area contributed by atoms with Crippen LogP contribution in [0.5, 0.6) is 0 Å². The van der Waals surface area contributed by atoms with Gasteiger partial charge in [0.1, 0.15) is 0 Å². The molecular weight excluding hydrogens is 290 g/mol. The van der Waals surface area contributed by atoms with Crippen molar-refractivity contribution < 1.29 is 9.53 Å². The van der Waals surface area contributed by atoms with Gasteiger partial charge in [0.25, 0.3) is 0 Å². The summed E-state index contributed by atoms with van der Waals surface area (Å²) < 4.78 is 5.93. The number of nitrogens with one attached hydrogen (secondary N) is 1. The van der Waals surface area contributed by atoms with E-state index in [-0.39, 0.29) is 22.8 Å². The topological polar surface area (TPSA) is 58.2 Å². The number of carbonyl (C=O) groups is 1. The number of amides is 1. The number of hydrogen-bond donors (Lipinski definition) is 1. The zero-order valence-corrected chi connectivity index (χ0v) is 14.8. The van der Waals surface area contributed by atoms with Crippen LogP contribution in [-0.4, -0.2) is 40.3 Å². The number of fused-ring (bicyclic) bond motifs is 1. The molecular formula is C18H29N3O2. The monoisotopic (exact) mass is 319 g/mol. The molecule has 0 bridgehead atoms. The number of H-pyrrole nitrogens is 1. The van der Waals surface area contributed by atoms with Crippen molar-refractivity contribution in [1.82, 2.24) is 15.1 Å². The highest BCUT2D eigenvalue weighted by Crippen LogP contribution is 2.36. The Balaban J connectivity index is 1.74. The Labute approximate surface area is 138 Å². The molecule has 0 spiro atoms. The smallest absolute Gasteiger partial charge is 0.225 e. The fraction of sp³-hybridized carbons (Fsp3) is 0.778. The largest absolute Gasteiger partial charge is 0.377 e. The van der Waals surface area contributed by atoms with Crippen LogP contribution in [0, 0.1) is 10.8 Å². The van der Waals surface area contributed by atoms with E-state index >= 15 is 0 Å². The third-order valence-electron chi connectivity index (χ3n) is 5.31. The first-order valence-electron chi connectivity index (χ1n) is 8.67. The van der Waals surface area contributed by atoms with Gasteiger partial charge in [0.05, 0.1) is 18.7 Å². The predicted molar refractivity (Wildman–Crippen MR) is 88.9 cm³/mol. The normalized spacial score (nSPS) is 26.4. The van der Waals surface area contributed by atoms with E-state index in [1.165, 1.54) is 5.69 Å². The van der Waals surface area contributed by atoms with Crippen LogP contribution in [0.3, 0.4) is 0 Å². The van der Waals surface area contributed by atoms with Crippen molar-refractivity contribution in [2.24, 2.45) is 10.8 Å². The zero-order valence-electron chi connectivity index (χ0n) is 14.8. The quantitative estimate of drug-likeness (QED) is 0.912. The average molecular weight is 319 g/mol. The number of aromatic amines is 1. The summed E-state index contributed by atoms with van der Waals surface area (Å²) in [6.45, 7) is 11.1. The molecule has 1 aromatic heterocycles. The van der Waals surface area contributed by atoms with Crippen molar-refractivity contribution in [2.75, 3.05) is 13.2 Å². The van der Waals surface area contributed by atoms with E-state index in [9.17, 15) is 4.79 Å². The van der Waals surface area contributed by atoms with Crippen LogP contribution >= 0.6 is 0 Å². The summed E-state index contributed by atoms with van der Waals surface area (Å²) in [6.07, 6.45) is 5.51. The summed E-state index contributed by atoms with van der Waals surface area (Å²) >= 11 is 0. The third kappa shape index (κ3) is 3.60. The Morgan fingerprint density at radius 3 is 2.96 bits per heavy atom. The lowest BCUT2D eigenvalue weighted by Crippen LogP contribution is -2.43. The average Bonchev–Trinajstić information content (AvgIpc) is 2.81. The van der Waals surface area contributed by atoms with E-state index in [0.29, 0.717) is 13.0 Å². The van der Waals surface area contributed by atoms with Gasteiger partial charge in [0.2, 0.25) is 5.91 Å². The van der Waals surface area contributed by atoms with Crippen LogP contribution in [0.1, 0.15) is 58.2 Å². The molecule has 0 radical (unpaired) electrons. The molecule has 2 aliphatic heterocycles. The second-order valence-electron chi connectivity index (χ2n) is 8.62. The van der Waals surface area contributed by atoms with Gasteiger partial charge >= 0.3 is 0 Å². The highest BCUT2D eigenvalue weighted by Gasteiger charge is 2.37. The molecule has 0 aromatic carbocycles. The highest BCUT2D eigenvalue weighted by molar-refractivity contribution is 5.77. The van der Waals surface area contributed by atoms with Gasteiger partial charge in [-0.25, -0.2) is 0 Å². The fourth-order valence-electron chi connectivity index (χ4n) is 3.88. The summed E-state index contributed by atoms with van der Waals surface area (Å²) in [5, 5.41) is 7.25. The van der Waals surface area contributed by atoms with Gasteiger partial charge in [-0.2, -0.15) is 5.10 Å². The molecule has 1 saturated heterocycles. The molecule has 1 fully saturated rings. The Morgan fingerprint density at radius 1 is 1.43 bits per heavy atom. The first kappa shape index (κ1) is 16.5. The Morgan fingerprint density at radius 2 is 2.22 bits per heavy atom. The molecule has 3 rings (SSSR count). The molecule has 3 heterocycles. The lowest BCUT2D eigenvalue weighted by molar-refractivity contribution is -0.142. The van der Waals surface area contributed by atoms with Gasteiger partial charge in [0, 0.05) is 31.0 Å². The molecule has 1 N–H and O–H groups in total. The van der Waals surface area contributed by atoms with Crippen molar-refractivity contribution in [3.63, 3.8) is 0 Å². The highest BCUT2D eigenvalue weighted by atomic mass is 16.5. The van der Waals surface area contributed by atoms with Gasteiger partial charge in [-0.15, -0.1) is 0 Å². The van der Waals surface area contributed by atoms with Gasteiger partial charge in [0.15, 0.2) is 0 Å². The van der Waals surface area contributed by atoms with Crippen LogP contribution in [0.2, 0.25) is 0 Å². The number of carbonyl (C=O) groups excluding carboxylic acids is 1. The van der Waals surface area contributed by atoms with Gasteiger partial charge in [-0.05, 0) is 30.1 Å². The minimum absolute atomic E-state index is 0.0268. The number of rotatable bonds is 2. The van der Waals surface area contributed by atoms with Gasteiger partial charge in [-0.3, -0.25) is 9.89 Å². The van der Waals surface area contributed by atoms with E-state index in [4.69, 9.17) is 4.74 Å². The maximum absolute atomic E-state index is 12.9. The molecule has 1 aromatic rings. The first-order chi connectivity index (χ1) is 10.8. The Bertz CT molecular complexity index is 577. The minimum atomic E-state index is 0.0268. The van der Waals surface area contributed by atoms with Crippen molar-refractivity contribution in [1.29, 1.82) is 0 Å². The Kier molecular flexibility index (Phi) is 4.25. The zero-order chi connectivity index (χ0) is 16.7. The van der Waals surface area contributed by atoms with Crippen LogP contribution in [0.25, 0.3) is 0 Å². The van der Waals surface area contributed by atoms with Crippen LogP contribution in [0.15, 0.2) is 6.20 Å². The molecule has 1 amide bonds. The molecule has 2 aliphatic rings. The summed E-state index contributed by atoms with van der Waals surface area (Å²) in [5.74, 6) is 0.201. The SMILES string of the molecule is CC1(C)Cc2[nH]ncc2CN(C(=O)CC2OCCCC2(C)C)C1. The maximum atomic E-state index is 12.9. The number of hydrogen-bond acceptors (Lipinski definition) is 3. The van der Waals surface area contributed by atoms with E-state index in [2.05, 4.69) is 37.9 Å². The number of ether oxygens (including phenoxy) is 1. The summed E-state index contributed by atoms with van der Waals surface area (Å²) in [4.78, 5) is 14.9. The molecule has 23 heavy (non-hydrogen) atoms.